The fraction of sp³-hybridized carbons (Fsp3) is 0.480. The van der Waals surface area contributed by atoms with Crippen LogP contribution in [0.1, 0.15) is 37.8 Å². The second kappa shape index (κ2) is 11.5. The molecule has 0 spiro atoms. The predicted molar refractivity (Wildman–Crippen MR) is 122 cm³/mol. The van der Waals surface area contributed by atoms with Crippen molar-refractivity contribution in [3.05, 3.63) is 47.5 Å². The third kappa shape index (κ3) is 5.62. The molecular formula is C25H34N2O4. The second-order valence-electron chi connectivity index (χ2n) is 7.78. The molecule has 1 atom stereocenters. The van der Waals surface area contributed by atoms with Crippen molar-refractivity contribution in [1.29, 1.82) is 5.26 Å². The number of benzene rings is 2. The second-order valence-corrected chi connectivity index (χ2v) is 7.78. The monoisotopic (exact) mass is 426 g/mol. The normalized spacial score (nSPS) is 12.7. The van der Waals surface area contributed by atoms with Crippen molar-refractivity contribution in [3.8, 4) is 29.1 Å². The van der Waals surface area contributed by atoms with Crippen LogP contribution in [0.25, 0.3) is 0 Å². The zero-order chi connectivity index (χ0) is 22.9. The topological polar surface area (TPSA) is 72.7 Å². The maximum absolute atomic E-state index is 10.2. The smallest absolute Gasteiger partial charge is 0.161 e. The highest BCUT2D eigenvalue weighted by molar-refractivity contribution is 5.47. The first-order valence-electron chi connectivity index (χ1n) is 10.5. The van der Waals surface area contributed by atoms with Crippen molar-refractivity contribution < 1.29 is 18.9 Å². The van der Waals surface area contributed by atoms with E-state index in [0.717, 1.165) is 48.6 Å². The van der Waals surface area contributed by atoms with E-state index in [2.05, 4.69) is 25.2 Å². The fourth-order valence-electron chi connectivity index (χ4n) is 3.85. The van der Waals surface area contributed by atoms with Gasteiger partial charge in [0.1, 0.15) is 0 Å². The zero-order valence-corrected chi connectivity index (χ0v) is 19.5. The Labute approximate surface area is 186 Å². The summed E-state index contributed by atoms with van der Waals surface area (Å²) in [4.78, 5) is 0. The number of ether oxygens (including phenoxy) is 4. The van der Waals surface area contributed by atoms with Crippen LogP contribution in [0.4, 0.5) is 0 Å². The summed E-state index contributed by atoms with van der Waals surface area (Å²) in [6.45, 7) is 5.71. The molecule has 6 nitrogen and oxygen atoms in total. The number of rotatable bonds is 12. The van der Waals surface area contributed by atoms with Crippen LogP contribution in [-0.2, 0) is 12.0 Å². The van der Waals surface area contributed by atoms with E-state index in [1.807, 2.05) is 36.4 Å². The molecule has 168 valence electrons. The molecular weight excluding hydrogens is 392 g/mol. The van der Waals surface area contributed by atoms with E-state index in [1.54, 1.807) is 28.4 Å². The van der Waals surface area contributed by atoms with E-state index in [1.165, 1.54) is 0 Å². The number of nitrogens with zero attached hydrogens (tertiary/aromatic N) is 1. The van der Waals surface area contributed by atoms with Gasteiger partial charge in [-0.3, -0.25) is 0 Å². The maximum Gasteiger partial charge on any atom is 0.161 e. The Bertz CT molecular complexity index is 892. The highest BCUT2D eigenvalue weighted by Gasteiger charge is 2.36. The van der Waals surface area contributed by atoms with Gasteiger partial charge in [0.05, 0.1) is 39.9 Å². The maximum atomic E-state index is 10.2. The molecule has 31 heavy (non-hydrogen) atoms. The lowest BCUT2D eigenvalue weighted by Gasteiger charge is -2.32. The number of methoxy groups -OCH3 is 4. The van der Waals surface area contributed by atoms with Gasteiger partial charge in [0, 0.05) is 6.54 Å². The molecule has 2 aromatic carbocycles. The van der Waals surface area contributed by atoms with Crippen molar-refractivity contribution >= 4 is 0 Å². The van der Waals surface area contributed by atoms with E-state index < -0.39 is 5.41 Å². The van der Waals surface area contributed by atoms with Crippen LogP contribution in [0, 0.1) is 17.2 Å². The summed E-state index contributed by atoms with van der Waals surface area (Å²) < 4.78 is 21.5. The first-order chi connectivity index (χ1) is 14.9. The Morgan fingerprint density at radius 2 is 1.45 bits per heavy atom. The summed E-state index contributed by atoms with van der Waals surface area (Å²) in [5.41, 5.74) is 1.49. The first kappa shape index (κ1) is 24.4. The molecule has 0 saturated heterocycles. The number of hydrogen-bond acceptors (Lipinski definition) is 6. The molecule has 0 fully saturated rings. The van der Waals surface area contributed by atoms with Crippen molar-refractivity contribution in [2.24, 2.45) is 5.92 Å². The zero-order valence-electron chi connectivity index (χ0n) is 19.5. The van der Waals surface area contributed by atoms with Crippen LogP contribution in [0.2, 0.25) is 0 Å². The lowest BCUT2D eigenvalue weighted by molar-refractivity contribution is 0.341. The van der Waals surface area contributed by atoms with Gasteiger partial charge in [-0.1, -0.05) is 26.0 Å². The quantitative estimate of drug-likeness (QED) is 0.496. The van der Waals surface area contributed by atoms with Crippen LogP contribution in [0.3, 0.4) is 0 Å². The highest BCUT2D eigenvalue weighted by atomic mass is 16.5. The molecule has 0 saturated carbocycles. The Hall–Kier alpha value is -2.91. The highest BCUT2D eigenvalue weighted by Crippen LogP contribution is 2.40. The first-order valence-corrected chi connectivity index (χ1v) is 10.5. The van der Waals surface area contributed by atoms with Crippen molar-refractivity contribution in [2.45, 2.75) is 38.6 Å². The minimum atomic E-state index is -0.593. The van der Waals surface area contributed by atoms with Gasteiger partial charge in [0.25, 0.3) is 0 Å². The van der Waals surface area contributed by atoms with Crippen molar-refractivity contribution in [2.75, 3.05) is 35.0 Å². The van der Waals surface area contributed by atoms with Crippen LogP contribution in [0.15, 0.2) is 36.4 Å². The Morgan fingerprint density at radius 3 is 2.00 bits per heavy atom. The van der Waals surface area contributed by atoms with Gasteiger partial charge in [-0.15, -0.1) is 0 Å². The third-order valence-corrected chi connectivity index (χ3v) is 5.79. The molecule has 0 aromatic heterocycles. The molecule has 0 aliphatic rings. The molecule has 0 amide bonds. The average Bonchev–Trinajstić information content (AvgIpc) is 2.80. The molecule has 0 aliphatic carbocycles. The van der Waals surface area contributed by atoms with E-state index in [9.17, 15) is 5.26 Å². The van der Waals surface area contributed by atoms with Gasteiger partial charge in [0.15, 0.2) is 23.0 Å². The minimum absolute atomic E-state index is 0.154. The van der Waals surface area contributed by atoms with Crippen LogP contribution in [0.5, 0.6) is 23.0 Å². The van der Waals surface area contributed by atoms with Gasteiger partial charge in [-0.2, -0.15) is 5.26 Å². The molecule has 0 heterocycles. The molecule has 0 radical (unpaired) electrons. The average molecular weight is 427 g/mol. The van der Waals surface area contributed by atoms with Crippen molar-refractivity contribution in [1.82, 2.24) is 5.32 Å². The fourth-order valence-corrected chi connectivity index (χ4v) is 3.85. The summed E-state index contributed by atoms with van der Waals surface area (Å²) in [7, 11) is 6.49. The molecule has 2 aromatic rings. The minimum Gasteiger partial charge on any atom is -0.493 e. The number of hydrogen-bond donors (Lipinski definition) is 1. The Kier molecular flexibility index (Phi) is 9.02. The molecule has 1 unspecified atom stereocenters. The number of nitrogens with one attached hydrogen (secondary N) is 1. The number of nitriles is 1. The van der Waals surface area contributed by atoms with Gasteiger partial charge in [-0.25, -0.2) is 0 Å². The lowest BCUT2D eigenvalue weighted by atomic mass is 9.70. The summed E-state index contributed by atoms with van der Waals surface area (Å²) in [5.74, 6) is 2.90. The lowest BCUT2D eigenvalue weighted by Crippen LogP contribution is -2.32. The summed E-state index contributed by atoms with van der Waals surface area (Å²) in [6.07, 6.45) is 1.61. The van der Waals surface area contributed by atoms with E-state index >= 15 is 0 Å². The third-order valence-electron chi connectivity index (χ3n) is 5.79. The molecule has 2 rings (SSSR count). The summed E-state index contributed by atoms with van der Waals surface area (Å²) in [5, 5.41) is 13.6. The van der Waals surface area contributed by atoms with Crippen LogP contribution >= 0.6 is 0 Å². The summed E-state index contributed by atoms with van der Waals surface area (Å²) in [6, 6.07) is 14.3. The molecule has 0 aliphatic heterocycles. The molecule has 0 bridgehead atoms. The molecule has 6 heteroatoms. The van der Waals surface area contributed by atoms with Crippen LogP contribution < -0.4 is 24.3 Å². The van der Waals surface area contributed by atoms with Crippen molar-refractivity contribution in [3.63, 3.8) is 0 Å². The summed E-state index contributed by atoms with van der Waals surface area (Å²) >= 11 is 0. The standard InChI is InChI=1S/C25H34N2O4/c1-18(2)25(17-26,20-9-11-22(29-4)24(15-20)31-6)12-7-13-27-16-19-8-10-21(28-3)23(14-19)30-5/h8-11,14-15,18,27H,7,12-13,16H2,1-6H3. The largest absolute Gasteiger partial charge is 0.493 e. The van der Waals surface area contributed by atoms with E-state index in [0.29, 0.717) is 11.5 Å². The van der Waals surface area contributed by atoms with Gasteiger partial charge < -0.3 is 24.3 Å². The Morgan fingerprint density at radius 1 is 0.871 bits per heavy atom. The van der Waals surface area contributed by atoms with Gasteiger partial charge in [0.2, 0.25) is 0 Å². The van der Waals surface area contributed by atoms with E-state index in [4.69, 9.17) is 18.9 Å². The predicted octanol–water partition coefficient (Wildman–Crippen LogP) is 4.71. The Balaban J connectivity index is 2.04. The van der Waals surface area contributed by atoms with Crippen LogP contribution in [-0.4, -0.2) is 35.0 Å². The van der Waals surface area contributed by atoms with Gasteiger partial charge >= 0.3 is 0 Å². The van der Waals surface area contributed by atoms with E-state index in [-0.39, 0.29) is 5.92 Å². The molecule has 1 N–H and O–H groups in total. The van der Waals surface area contributed by atoms with Gasteiger partial charge in [-0.05, 0) is 60.7 Å². The SMILES string of the molecule is COc1ccc(CNCCCC(C#N)(c2ccc(OC)c(OC)c2)C(C)C)cc1OC.